The Morgan fingerprint density at radius 2 is 2.21 bits per heavy atom. The first-order chi connectivity index (χ1) is 11.7. The molecule has 2 saturated heterocycles. The summed E-state index contributed by atoms with van der Waals surface area (Å²) >= 11 is 0. The Morgan fingerprint density at radius 1 is 1.38 bits per heavy atom. The fourth-order valence-electron chi connectivity index (χ4n) is 3.52. The van der Waals surface area contributed by atoms with Gasteiger partial charge in [0, 0.05) is 37.3 Å². The Bertz CT molecular complexity index is 537. The molecule has 2 atom stereocenters. The molecule has 0 bridgehead atoms. The Balaban J connectivity index is 1.56. The van der Waals surface area contributed by atoms with E-state index in [1.807, 2.05) is 18.2 Å². The van der Waals surface area contributed by atoms with E-state index in [1.54, 1.807) is 0 Å². The minimum absolute atomic E-state index is 0.0266. The van der Waals surface area contributed by atoms with Crippen molar-refractivity contribution < 1.29 is 9.53 Å². The summed E-state index contributed by atoms with van der Waals surface area (Å²) in [5.41, 5.74) is 1.94. The van der Waals surface area contributed by atoms with Crippen molar-refractivity contribution in [3.05, 3.63) is 35.4 Å². The van der Waals surface area contributed by atoms with Gasteiger partial charge in [0.15, 0.2) is 0 Å². The number of rotatable bonds is 5. The Labute approximate surface area is 144 Å². The predicted octanol–water partition coefficient (Wildman–Crippen LogP) is 1.78. The van der Waals surface area contributed by atoms with Crippen molar-refractivity contribution in [2.75, 3.05) is 32.8 Å². The summed E-state index contributed by atoms with van der Waals surface area (Å²) in [5.74, 6) is 0.0266. The molecule has 0 radical (unpaired) electrons. The molecule has 0 aliphatic carbocycles. The van der Waals surface area contributed by atoms with Gasteiger partial charge in [-0.3, -0.25) is 9.69 Å². The number of benzene rings is 1. The Kier molecular flexibility index (Phi) is 6.24. The smallest absolute Gasteiger partial charge is 0.251 e. The molecule has 1 aromatic carbocycles. The normalized spacial score (nSPS) is 23.6. The van der Waals surface area contributed by atoms with Gasteiger partial charge in [0.2, 0.25) is 0 Å². The summed E-state index contributed by atoms with van der Waals surface area (Å²) < 4.78 is 5.39. The van der Waals surface area contributed by atoms with E-state index in [9.17, 15) is 4.79 Å². The van der Waals surface area contributed by atoms with Gasteiger partial charge >= 0.3 is 0 Å². The fraction of sp³-hybridized carbons (Fsp3) is 0.632. The van der Waals surface area contributed by atoms with Gasteiger partial charge in [-0.05, 0) is 44.0 Å². The van der Waals surface area contributed by atoms with Crippen LogP contribution in [-0.2, 0) is 11.3 Å². The van der Waals surface area contributed by atoms with Gasteiger partial charge in [0.1, 0.15) is 0 Å². The molecule has 5 heteroatoms. The zero-order valence-corrected chi connectivity index (χ0v) is 14.6. The molecular weight excluding hydrogens is 302 g/mol. The molecule has 1 aromatic rings. The van der Waals surface area contributed by atoms with Crippen LogP contribution in [0, 0.1) is 0 Å². The van der Waals surface area contributed by atoms with Crippen LogP contribution in [0.3, 0.4) is 0 Å². The first-order valence-corrected chi connectivity index (χ1v) is 9.15. The van der Waals surface area contributed by atoms with E-state index in [0.717, 1.165) is 51.4 Å². The predicted molar refractivity (Wildman–Crippen MR) is 95.1 cm³/mol. The maximum absolute atomic E-state index is 12.6. The van der Waals surface area contributed by atoms with Gasteiger partial charge in [-0.15, -0.1) is 0 Å². The van der Waals surface area contributed by atoms with Gasteiger partial charge in [-0.2, -0.15) is 0 Å². The maximum Gasteiger partial charge on any atom is 0.251 e. The molecule has 0 spiro atoms. The minimum atomic E-state index is 0.0266. The summed E-state index contributed by atoms with van der Waals surface area (Å²) in [6, 6.07) is 8.54. The number of nitrogens with one attached hydrogen (secondary N) is 2. The van der Waals surface area contributed by atoms with Crippen molar-refractivity contribution in [2.45, 2.75) is 44.8 Å². The lowest BCUT2D eigenvalue weighted by Gasteiger charge is -2.29. The molecule has 5 nitrogen and oxygen atoms in total. The summed E-state index contributed by atoms with van der Waals surface area (Å²) in [5, 5.41) is 6.67. The highest BCUT2D eigenvalue weighted by molar-refractivity contribution is 5.94. The maximum atomic E-state index is 12.6. The molecule has 2 aliphatic rings. The third kappa shape index (κ3) is 4.79. The summed E-state index contributed by atoms with van der Waals surface area (Å²) in [6.07, 6.45) is 3.62. The van der Waals surface area contributed by atoms with Crippen molar-refractivity contribution in [3.63, 3.8) is 0 Å². The second kappa shape index (κ2) is 8.60. The van der Waals surface area contributed by atoms with Crippen LogP contribution in [0.25, 0.3) is 0 Å². The van der Waals surface area contributed by atoms with Crippen LogP contribution < -0.4 is 10.6 Å². The average molecular weight is 331 g/mol. The lowest BCUT2D eigenvalue weighted by Crippen LogP contribution is -2.50. The summed E-state index contributed by atoms with van der Waals surface area (Å²) in [7, 11) is 0. The summed E-state index contributed by atoms with van der Waals surface area (Å²) in [4.78, 5) is 14.9. The molecule has 2 N–H and O–H groups in total. The van der Waals surface area contributed by atoms with Crippen LogP contribution in [0.2, 0.25) is 0 Å². The van der Waals surface area contributed by atoms with Gasteiger partial charge in [0.05, 0.1) is 13.2 Å². The van der Waals surface area contributed by atoms with Crippen molar-refractivity contribution in [1.82, 2.24) is 15.5 Å². The van der Waals surface area contributed by atoms with Crippen LogP contribution in [0.1, 0.15) is 42.1 Å². The van der Waals surface area contributed by atoms with Crippen molar-refractivity contribution in [1.29, 1.82) is 0 Å². The van der Waals surface area contributed by atoms with Gasteiger partial charge in [-0.25, -0.2) is 0 Å². The number of morpholine rings is 1. The second-order valence-electron chi connectivity index (χ2n) is 6.91. The first kappa shape index (κ1) is 17.4. The number of amides is 1. The van der Waals surface area contributed by atoms with Crippen molar-refractivity contribution in [3.8, 4) is 0 Å². The zero-order chi connectivity index (χ0) is 16.8. The van der Waals surface area contributed by atoms with Crippen molar-refractivity contribution >= 4 is 5.91 Å². The number of carbonyl (C=O) groups is 1. The molecule has 2 fully saturated rings. The standard InChI is InChI=1S/C19H29N3O2/c1-15(18-7-2-3-8-20-18)21-19(23)17-6-4-5-16(13-17)14-22-9-11-24-12-10-22/h4-6,13,15,18,20H,2-3,7-12,14H2,1H3,(H,21,23)/t15-,18+/m0/s1. The number of carbonyl (C=O) groups excluding carboxylic acids is 1. The number of piperidine rings is 1. The zero-order valence-electron chi connectivity index (χ0n) is 14.6. The van der Waals surface area contributed by atoms with E-state index in [-0.39, 0.29) is 11.9 Å². The topological polar surface area (TPSA) is 53.6 Å². The first-order valence-electron chi connectivity index (χ1n) is 9.15. The minimum Gasteiger partial charge on any atom is -0.379 e. The molecule has 132 valence electrons. The fourth-order valence-corrected chi connectivity index (χ4v) is 3.52. The molecule has 0 aromatic heterocycles. The van der Waals surface area contributed by atoms with Crippen LogP contribution in [0.4, 0.5) is 0 Å². The average Bonchev–Trinajstić information content (AvgIpc) is 2.63. The largest absolute Gasteiger partial charge is 0.379 e. The second-order valence-corrected chi connectivity index (χ2v) is 6.91. The Morgan fingerprint density at radius 3 is 2.96 bits per heavy atom. The lowest BCUT2D eigenvalue weighted by atomic mass is 9.98. The van der Waals surface area contributed by atoms with Gasteiger partial charge in [0.25, 0.3) is 5.91 Å². The van der Waals surface area contributed by atoms with Crippen molar-refractivity contribution in [2.24, 2.45) is 0 Å². The van der Waals surface area contributed by atoms with Crippen LogP contribution in [0.15, 0.2) is 24.3 Å². The number of ether oxygens (including phenoxy) is 1. The summed E-state index contributed by atoms with van der Waals surface area (Å²) in [6.45, 7) is 7.54. The van der Waals surface area contributed by atoms with Gasteiger partial charge < -0.3 is 15.4 Å². The highest BCUT2D eigenvalue weighted by Gasteiger charge is 2.21. The highest BCUT2D eigenvalue weighted by atomic mass is 16.5. The van der Waals surface area contributed by atoms with Crippen LogP contribution >= 0.6 is 0 Å². The van der Waals surface area contributed by atoms with E-state index >= 15 is 0 Å². The number of hydrogen-bond acceptors (Lipinski definition) is 4. The third-order valence-corrected chi connectivity index (χ3v) is 5.01. The van der Waals surface area contributed by atoms with Gasteiger partial charge in [-0.1, -0.05) is 18.6 Å². The Hall–Kier alpha value is -1.43. The molecular formula is C19H29N3O2. The molecule has 2 aliphatic heterocycles. The van der Waals surface area contributed by atoms with E-state index in [4.69, 9.17) is 4.74 Å². The van der Waals surface area contributed by atoms with E-state index in [0.29, 0.717) is 6.04 Å². The molecule has 3 rings (SSSR count). The molecule has 24 heavy (non-hydrogen) atoms. The number of hydrogen-bond donors (Lipinski definition) is 2. The van der Waals surface area contributed by atoms with Crippen LogP contribution in [-0.4, -0.2) is 55.7 Å². The third-order valence-electron chi connectivity index (χ3n) is 5.01. The molecule has 2 heterocycles. The SMILES string of the molecule is C[C@H](NC(=O)c1cccc(CN2CCOCC2)c1)[C@H]1CCCCN1. The molecule has 0 unspecified atom stereocenters. The monoisotopic (exact) mass is 331 g/mol. The highest BCUT2D eigenvalue weighted by Crippen LogP contribution is 2.13. The van der Waals surface area contributed by atoms with E-state index in [1.165, 1.54) is 18.4 Å². The molecule has 0 saturated carbocycles. The quantitative estimate of drug-likeness (QED) is 0.864. The lowest BCUT2D eigenvalue weighted by molar-refractivity contribution is 0.0342. The number of nitrogens with zero attached hydrogens (tertiary/aromatic N) is 1. The van der Waals surface area contributed by atoms with E-state index < -0.39 is 0 Å². The van der Waals surface area contributed by atoms with E-state index in [2.05, 4.69) is 28.5 Å². The van der Waals surface area contributed by atoms with Crippen LogP contribution in [0.5, 0.6) is 0 Å². The molecule has 1 amide bonds.